The Labute approximate surface area is 369 Å². The number of sulfone groups is 1. The molecule has 62 heavy (non-hydrogen) atoms. The van der Waals surface area contributed by atoms with Crippen LogP contribution in [0.15, 0.2) is 144 Å². The summed E-state index contributed by atoms with van der Waals surface area (Å²) in [6.07, 6.45) is 5.24. The third-order valence-electron chi connectivity index (χ3n) is 12.9. The summed E-state index contributed by atoms with van der Waals surface area (Å²) in [4.78, 5) is 15.3. The zero-order valence-electron chi connectivity index (χ0n) is 36.5. The number of nitrogens with zero attached hydrogens (tertiary/aromatic N) is 1. The third kappa shape index (κ3) is 10.5. The summed E-state index contributed by atoms with van der Waals surface area (Å²) in [6, 6.07) is 46.2. The zero-order valence-corrected chi connectivity index (χ0v) is 38.3. The van der Waals surface area contributed by atoms with Crippen LogP contribution in [0.3, 0.4) is 0 Å². The first-order chi connectivity index (χ1) is 29.9. The van der Waals surface area contributed by atoms with E-state index in [2.05, 4.69) is 104 Å². The fourth-order valence-corrected chi connectivity index (χ4v) is 15.5. The molecule has 9 nitrogen and oxygen atoms in total. The van der Waals surface area contributed by atoms with Crippen molar-refractivity contribution in [3.8, 4) is 11.5 Å². The van der Waals surface area contributed by atoms with Gasteiger partial charge in [0.05, 0.1) is 10.1 Å². The minimum absolute atomic E-state index is 0.0296. The second-order valence-electron chi connectivity index (χ2n) is 18.0. The molecule has 0 bridgehead atoms. The molecule has 7 rings (SSSR count). The van der Waals surface area contributed by atoms with Crippen molar-refractivity contribution in [1.29, 1.82) is 0 Å². The molecular weight excluding hydrogens is 811 g/mol. The number of nitrogens with one attached hydrogen (secondary N) is 2. The van der Waals surface area contributed by atoms with Gasteiger partial charge in [-0.1, -0.05) is 137 Å². The SMILES string of the molecule is CC(C)(C)[Si](Oc1ccc(OC[C@@H](O)CNCCc2ccc(S(=O)(=O)C3CCN(C(=O)NCC4(c5ccccc5)CCCC4)CC3)cc2)cc1)(c1ccccc1)c1ccccc1. The molecule has 0 aromatic heterocycles. The first-order valence-electron chi connectivity index (χ1n) is 22.2. The van der Waals surface area contributed by atoms with Crippen molar-refractivity contribution in [2.45, 2.75) is 92.4 Å². The molecule has 1 heterocycles. The van der Waals surface area contributed by atoms with E-state index in [9.17, 15) is 18.3 Å². The van der Waals surface area contributed by atoms with E-state index in [0.29, 0.717) is 62.6 Å². The Balaban J connectivity index is 0.831. The van der Waals surface area contributed by atoms with E-state index < -0.39 is 29.5 Å². The van der Waals surface area contributed by atoms with Crippen molar-refractivity contribution in [2.24, 2.45) is 0 Å². The van der Waals surface area contributed by atoms with Crippen LogP contribution in [0.2, 0.25) is 5.04 Å². The molecule has 328 valence electrons. The fraction of sp³-hybridized carbons (Fsp3) is 0.392. The van der Waals surface area contributed by atoms with E-state index in [1.165, 1.54) is 15.9 Å². The van der Waals surface area contributed by atoms with Gasteiger partial charge >= 0.3 is 14.3 Å². The maximum Gasteiger partial charge on any atom is 0.319 e. The molecule has 0 radical (unpaired) electrons. The number of hydrogen-bond donors (Lipinski definition) is 3. The van der Waals surface area contributed by atoms with Crippen LogP contribution < -0.4 is 30.2 Å². The number of ether oxygens (including phenoxy) is 1. The van der Waals surface area contributed by atoms with Crippen molar-refractivity contribution < 1.29 is 27.5 Å². The molecule has 1 atom stereocenters. The van der Waals surface area contributed by atoms with Crippen molar-refractivity contribution in [3.05, 3.63) is 151 Å². The van der Waals surface area contributed by atoms with Gasteiger partial charge in [0.15, 0.2) is 9.84 Å². The molecule has 3 N–H and O–H groups in total. The molecule has 0 spiro atoms. The lowest BCUT2D eigenvalue weighted by atomic mass is 9.79. The van der Waals surface area contributed by atoms with E-state index in [-0.39, 0.29) is 23.1 Å². The summed E-state index contributed by atoms with van der Waals surface area (Å²) in [5, 5.41) is 18.9. The summed E-state index contributed by atoms with van der Waals surface area (Å²) < 4.78 is 40.3. The Morgan fingerprint density at radius 2 is 1.34 bits per heavy atom. The quantitative estimate of drug-likeness (QED) is 0.0650. The molecule has 2 amide bonds. The molecule has 2 fully saturated rings. The standard InChI is InChI=1S/C51H63N3O6SSi/c1-50(2,3)62(47-17-9-5-10-18-47,48-19-11-6-12-20-48)60-44-25-23-43(24-26-44)59-38-42(55)37-52-34-29-40-21-27-45(28-22-40)61(57,58)46-30-35-54(36-31-46)49(56)53-39-51(32-13-14-33-51)41-15-7-4-8-16-41/h4-12,15-28,42,46,52,55H,13-14,29-39H2,1-3H3,(H,53,56)/t42-/m0/s1. The molecule has 5 aromatic rings. The van der Waals surface area contributed by atoms with Gasteiger partial charge in [0.2, 0.25) is 0 Å². The highest BCUT2D eigenvalue weighted by Gasteiger charge is 2.52. The largest absolute Gasteiger partial charge is 0.534 e. The summed E-state index contributed by atoms with van der Waals surface area (Å²) in [5.41, 5.74) is 2.25. The highest BCUT2D eigenvalue weighted by atomic mass is 32.2. The van der Waals surface area contributed by atoms with Crippen LogP contribution in [0.5, 0.6) is 11.5 Å². The normalized spacial score (nSPS) is 16.4. The fourth-order valence-electron chi connectivity index (χ4n) is 9.36. The first kappa shape index (κ1) is 45.1. The van der Waals surface area contributed by atoms with Crippen LogP contribution >= 0.6 is 0 Å². The second kappa shape index (κ2) is 20.1. The lowest BCUT2D eigenvalue weighted by molar-refractivity contribution is 0.106. The number of piperidine rings is 1. The minimum atomic E-state index is -3.53. The van der Waals surface area contributed by atoms with Crippen LogP contribution in [0, 0.1) is 0 Å². The van der Waals surface area contributed by atoms with Crippen LogP contribution in [0.1, 0.15) is 70.4 Å². The topological polar surface area (TPSA) is 117 Å². The number of aliphatic hydroxyl groups excluding tert-OH is 1. The zero-order chi connectivity index (χ0) is 43.6. The molecular formula is C51H63N3O6SSi. The summed E-state index contributed by atoms with van der Waals surface area (Å²) in [6.45, 7) is 9.29. The highest BCUT2D eigenvalue weighted by molar-refractivity contribution is 7.92. The van der Waals surface area contributed by atoms with Crippen LogP contribution in [-0.2, 0) is 21.7 Å². The average molecular weight is 874 g/mol. The van der Waals surface area contributed by atoms with Gasteiger partial charge < -0.3 is 29.8 Å². The van der Waals surface area contributed by atoms with E-state index in [4.69, 9.17) is 9.16 Å². The molecule has 2 aliphatic rings. The number of benzene rings is 5. The van der Waals surface area contributed by atoms with Crippen molar-refractivity contribution in [3.63, 3.8) is 0 Å². The van der Waals surface area contributed by atoms with Crippen molar-refractivity contribution in [1.82, 2.24) is 15.5 Å². The van der Waals surface area contributed by atoms with Crippen molar-refractivity contribution in [2.75, 3.05) is 39.3 Å². The molecule has 1 saturated carbocycles. The highest BCUT2D eigenvalue weighted by Crippen LogP contribution is 2.41. The van der Waals surface area contributed by atoms with Gasteiger partial charge in [-0.05, 0) is 102 Å². The Morgan fingerprint density at radius 3 is 1.90 bits per heavy atom. The van der Waals surface area contributed by atoms with Gasteiger partial charge in [0.25, 0.3) is 0 Å². The predicted octanol–water partition coefficient (Wildman–Crippen LogP) is 7.66. The second-order valence-corrected chi connectivity index (χ2v) is 24.5. The number of carbonyl (C=O) groups is 1. The van der Waals surface area contributed by atoms with Gasteiger partial charge in [-0.25, -0.2) is 13.2 Å². The van der Waals surface area contributed by atoms with Gasteiger partial charge in [-0.15, -0.1) is 0 Å². The Morgan fingerprint density at radius 1 is 0.790 bits per heavy atom. The first-order valence-corrected chi connectivity index (χ1v) is 25.7. The van der Waals surface area contributed by atoms with Gasteiger partial charge in [0.1, 0.15) is 24.2 Å². The lowest BCUT2D eigenvalue weighted by Crippen LogP contribution is -2.68. The molecule has 5 aromatic carbocycles. The van der Waals surface area contributed by atoms with Crippen LogP contribution in [0.4, 0.5) is 4.79 Å². The number of rotatable bonds is 17. The molecule has 1 aliphatic carbocycles. The monoisotopic (exact) mass is 873 g/mol. The number of likely N-dealkylation sites (tertiary alicyclic amines) is 1. The van der Waals surface area contributed by atoms with Gasteiger partial charge in [-0.3, -0.25) is 0 Å². The van der Waals surface area contributed by atoms with E-state index >= 15 is 0 Å². The van der Waals surface area contributed by atoms with E-state index in [1.54, 1.807) is 17.0 Å². The number of urea groups is 1. The van der Waals surface area contributed by atoms with Crippen molar-refractivity contribution >= 4 is 34.6 Å². The van der Waals surface area contributed by atoms with Crippen LogP contribution in [-0.4, -0.2) is 83.5 Å². The lowest BCUT2D eigenvalue weighted by Gasteiger charge is -2.43. The average Bonchev–Trinajstić information content (AvgIpc) is 3.79. The minimum Gasteiger partial charge on any atom is -0.534 e. The summed E-state index contributed by atoms with van der Waals surface area (Å²) in [7, 11) is -6.29. The Bertz CT molecular complexity index is 2240. The predicted molar refractivity (Wildman–Crippen MR) is 251 cm³/mol. The third-order valence-corrected chi connectivity index (χ3v) is 20.1. The molecule has 1 aliphatic heterocycles. The smallest absolute Gasteiger partial charge is 0.319 e. The molecule has 0 unspecified atom stereocenters. The number of hydrogen-bond acceptors (Lipinski definition) is 7. The number of aliphatic hydroxyl groups is 1. The Hall–Kier alpha value is -4.94. The maximum atomic E-state index is 13.6. The van der Waals surface area contributed by atoms with Crippen LogP contribution in [0.25, 0.3) is 0 Å². The van der Waals surface area contributed by atoms with E-state index in [0.717, 1.165) is 37.0 Å². The molecule has 1 saturated heterocycles. The van der Waals surface area contributed by atoms with Gasteiger partial charge in [-0.2, -0.15) is 0 Å². The Kier molecular flexibility index (Phi) is 14.6. The van der Waals surface area contributed by atoms with Gasteiger partial charge in [0, 0.05) is 31.6 Å². The number of amides is 2. The maximum absolute atomic E-state index is 13.6. The summed E-state index contributed by atoms with van der Waals surface area (Å²) in [5.74, 6) is 1.42. The van der Waals surface area contributed by atoms with E-state index in [1.807, 2.05) is 54.6 Å². The number of carbonyl (C=O) groups excluding carboxylic acids is 1. The molecule has 11 heteroatoms. The summed E-state index contributed by atoms with van der Waals surface area (Å²) >= 11 is 0.